The molecule has 0 aliphatic carbocycles. The summed E-state index contributed by atoms with van der Waals surface area (Å²) >= 11 is 0. The highest BCUT2D eigenvalue weighted by atomic mass is 28.3. The second kappa shape index (κ2) is 13.0. The second-order valence-electron chi connectivity index (χ2n) is 12.4. The molecule has 1 aliphatic rings. The van der Waals surface area contributed by atoms with Crippen molar-refractivity contribution in [2.45, 2.75) is 64.5 Å². The fourth-order valence-electron chi connectivity index (χ4n) is 5.24. The van der Waals surface area contributed by atoms with Crippen molar-refractivity contribution in [1.29, 1.82) is 0 Å². The zero-order valence-corrected chi connectivity index (χ0v) is 27.4. The smallest absolute Gasteiger partial charge is 0.388 e. The highest BCUT2D eigenvalue weighted by Crippen LogP contribution is 2.49. The number of aromatic nitrogens is 6. The molecule has 0 amide bonds. The first-order valence-electron chi connectivity index (χ1n) is 14.5. The van der Waals surface area contributed by atoms with Crippen molar-refractivity contribution in [2.24, 2.45) is 7.05 Å². The van der Waals surface area contributed by atoms with Crippen LogP contribution in [0.2, 0.25) is 25.7 Å². The Kier molecular flexibility index (Phi) is 9.47. The summed E-state index contributed by atoms with van der Waals surface area (Å²) in [6, 6.07) is 4.20. The Morgan fingerprint density at radius 3 is 2.61 bits per heavy atom. The minimum absolute atomic E-state index is 0.00191. The van der Waals surface area contributed by atoms with Gasteiger partial charge in [-0.3, -0.25) is 4.68 Å². The zero-order chi connectivity index (χ0) is 33.4. The third-order valence-corrected chi connectivity index (χ3v) is 9.15. The number of methoxy groups -OCH3 is 1. The van der Waals surface area contributed by atoms with E-state index in [0.29, 0.717) is 17.6 Å². The average molecular weight is 669 g/mol. The number of alkyl halides is 4. The lowest BCUT2D eigenvalue weighted by molar-refractivity contribution is -0.157. The number of hydrogen-bond acceptors (Lipinski definition) is 9. The number of ether oxygens (including phenoxy) is 5. The summed E-state index contributed by atoms with van der Waals surface area (Å²) in [6.07, 6.45) is -0.0588. The van der Waals surface area contributed by atoms with Gasteiger partial charge in [0.05, 0.1) is 30.5 Å². The number of rotatable bonds is 13. The molecule has 0 bridgehead atoms. The molecule has 0 saturated carbocycles. The van der Waals surface area contributed by atoms with Gasteiger partial charge in [-0.15, -0.1) is 5.10 Å². The van der Waals surface area contributed by atoms with Crippen LogP contribution in [0.1, 0.15) is 19.0 Å². The third-order valence-electron chi connectivity index (χ3n) is 7.44. The molecule has 46 heavy (non-hydrogen) atoms. The van der Waals surface area contributed by atoms with E-state index in [0.717, 1.165) is 6.04 Å². The molecule has 0 aromatic carbocycles. The van der Waals surface area contributed by atoms with Crippen LogP contribution < -0.4 is 9.47 Å². The number of esters is 1. The second-order valence-corrected chi connectivity index (χ2v) is 18.0. The molecular formula is C29H36F4N6O6Si. The minimum Gasteiger partial charge on any atom is -0.474 e. The molecule has 4 aromatic heterocycles. The molecule has 1 atom stereocenters. The number of nitrogens with zero attached hydrogens (tertiary/aromatic N) is 6. The summed E-state index contributed by atoms with van der Waals surface area (Å²) in [5.41, 5.74) is -0.892. The number of aryl methyl sites for hydroxylation is 1. The van der Waals surface area contributed by atoms with Gasteiger partial charge >= 0.3 is 12.6 Å². The van der Waals surface area contributed by atoms with E-state index in [1.54, 1.807) is 23.6 Å². The normalized spacial score (nSPS) is 16.7. The molecule has 250 valence electrons. The predicted octanol–water partition coefficient (Wildman–Crippen LogP) is 5.49. The molecule has 12 nitrogen and oxygen atoms in total. The van der Waals surface area contributed by atoms with E-state index < -0.39 is 44.3 Å². The standard InChI is InChI=1S/C29H36F4N6O6Si/c1-29(44-13-19(40)41-3)14-39-27(43-15-29)21(22(35-39)24(30)31)23-20(18-12-37(2)36-26(18)45-28(32)33)17-8-7-9-34-25(17)38(23)16-42-10-11-46(4,5)6/h7-9,12,24,28H,10-11,13-16H2,1-6H3/t29-/m0/s1. The predicted molar refractivity (Wildman–Crippen MR) is 161 cm³/mol. The summed E-state index contributed by atoms with van der Waals surface area (Å²) in [7, 11) is 1.27. The van der Waals surface area contributed by atoms with Crippen molar-refractivity contribution in [3.8, 4) is 34.1 Å². The molecule has 1 aliphatic heterocycles. The van der Waals surface area contributed by atoms with Gasteiger partial charge in [-0.2, -0.15) is 13.9 Å². The summed E-state index contributed by atoms with van der Waals surface area (Å²) in [4.78, 5) is 16.3. The van der Waals surface area contributed by atoms with E-state index in [1.807, 2.05) is 0 Å². The Balaban J connectivity index is 1.73. The van der Waals surface area contributed by atoms with E-state index in [2.05, 4.69) is 39.6 Å². The Morgan fingerprint density at radius 2 is 1.93 bits per heavy atom. The summed E-state index contributed by atoms with van der Waals surface area (Å²) in [5.74, 6) is -1.01. The van der Waals surface area contributed by atoms with Gasteiger partial charge in [-0.25, -0.2) is 23.2 Å². The lowest BCUT2D eigenvalue weighted by Crippen LogP contribution is -2.45. The quantitative estimate of drug-likeness (QED) is 0.0789. The fourth-order valence-corrected chi connectivity index (χ4v) is 5.99. The van der Waals surface area contributed by atoms with Gasteiger partial charge in [0.1, 0.15) is 36.9 Å². The first kappa shape index (κ1) is 33.4. The maximum absolute atomic E-state index is 14.9. The van der Waals surface area contributed by atoms with Crippen LogP contribution in [0.5, 0.6) is 11.8 Å². The number of carbonyl (C=O) groups excluding carboxylic acids is 1. The van der Waals surface area contributed by atoms with E-state index in [-0.39, 0.29) is 54.8 Å². The van der Waals surface area contributed by atoms with Crippen molar-refractivity contribution < 1.29 is 46.0 Å². The lowest BCUT2D eigenvalue weighted by atomic mass is 10.00. The number of fused-ring (bicyclic) bond motifs is 2. The maximum Gasteiger partial charge on any atom is 0.388 e. The van der Waals surface area contributed by atoms with Gasteiger partial charge in [0.15, 0.2) is 0 Å². The Morgan fingerprint density at radius 1 is 1.17 bits per heavy atom. The topological polar surface area (TPSA) is 117 Å². The Bertz CT molecular complexity index is 1720. The summed E-state index contributed by atoms with van der Waals surface area (Å²) in [5, 5.41) is 8.76. The van der Waals surface area contributed by atoms with Crippen molar-refractivity contribution in [3.63, 3.8) is 0 Å². The molecule has 0 N–H and O–H groups in total. The van der Waals surface area contributed by atoms with Gasteiger partial charge in [0, 0.05) is 45.1 Å². The van der Waals surface area contributed by atoms with Gasteiger partial charge < -0.3 is 28.3 Å². The average Bonchev–Trinajstić information content (AvgIpc) is 3.63. The van der Waals surface area contributed by atoms with Gasteiger partial charge in [0.25, 0.3) is 6.43 Å². The van der Waals surface area contributed by atoms with Crippen molar-refractivity contribution >= 4 is 25.1 Å². The monoisotopic (exact) mass is 668 g/mol. The Labute approximate surface area is 263 Å². The SMILES string of the molecule is COC(=O)CO[C@]1(C)COc2c(-c3c(-c4cn(C)nc4OC(F)F)c4cccnc4n3COCC[Si](C)(C)C)c(C(F)F)nn2C1. The van der Waals surface area contributed by atoms with E-state index in [1.165, 1.54) is 35.9 Å². The number of hydrogen-bond donors (Lipinski definition) is 0. The largest absolute Gasteiger partial charge is 0.474 e. The molecule has 0 fully saturated rings. The summed E-state index contributed by atoms with van der Waals surface area (Å²) < 4.78 is 88.4. The third kappa shape index (κ3) is 6.90. The number of pyridine rings is 1. The number of carbonyl (C=O) groups is 1. The maximum atomic E-state index is 14.9. The van der Waals surface area contributed by atoms with E-state index >= 15 is 0 Å². The summed E-state index contributed by atoms with van der Waals surface area (Å²) in [6.45, 7) is 4.86. The van der Waals surface area contributed by atoms with Gasteiger partial charge in [-0.1, -0.05) is 19.6 Å². The first-order chi connectivity index (χ1) is 21.7. The lowest BCUT2D eigenvalue weighted by Gasteiger charge is -2.33. The van der Waals surface area contributed by atoms with E-state index in [4.69, 9.17) is 18.9 Å². The van der Waals surface area contributed by atoms with Crippen LogP contribution in [0, 0.1) is 0 Å². The van der Waals surface area contributed by atoms with Gasteiger partial charge in [-0.05, 0) is 25.1 Å². The van der Waals surface area contributed by atoms with Gasteiger partial charge in [0.2, 0.25) is 11.8 Å². The molecule has 0 saturated heterocycles. The highest BCUT2D eigenvalue weighted by molar-refractivity contribution is 6.76. The van der Waals surface area contributed by atoms with Crippen LogP contribution in [0.4, 0.5) is 17.6 Å². The van der Waals surface area contributed by atoms with Crippen LogP contribution in [0.25, 0.3) is 33.4 Å². The van der Waals surface area contributed by atoms with Crippen LogP contribution in [-0.2, 0) is 39.3 Å². The minimum atomic E-state index is -3.19. The fraction of sp³-hybridized carbons (Fsp3) is 0.517. The van der Waals surface area contributed by atoms with Crippen molar-refractivity contribution in [2.75, 3.05) is 26.9 Å². The highest BCUT2D eigenvalue weighted by Gasteiger charge is 2.40. The van der Waals surface area contributed by atoms with Crippen LogP contribution in [0.3, 0.4) is 0 Å². The van der Waals surface area contributed by atoms with Crippen LogP contribution in [-0.4, -0.2) is 82.3 Å². The molecule has 17 heteroatoms. The van der Waals surface area contributed by atoms with Crippen LogP contribution in [0.15, 0.2) is 24.5 Å². The van der Waals surface area contributed by atoms with Crippen molar-refractivity contribution in [3.05, 3.63) is 30.2 Å². The molecule has 0 spiro atoms. The Hall–Kier alpha value is -3.96. The molecular weight excluding hydrogens is 632 g/mol. The molecule has 4 aromatic rings. The van der Waals surface area contributed by atoms with Crippen molar-refractivity contribution in [1.82, 2.24) is 29.1 Å². The molecule has 0 radical (unpaired) electrons. The zero-order valence-electron chi connectivity index (χ0n) is 26.4. The molecule has 5 rings (SSSR count). The van der Waals surface area contributed by atoms with E-state index in [9.17, 15) is 22.4 Å². The molecule has 0 unspecified atom stereocenters. The first-order valence-corrected chi connectivity index (χ1v) is 18.2. The number of halogens is 4. The molecule has 5 heterocycles. The van der Waals surface area contributed by atoms with Crippen LogP contribution >= 0.6 is 0 Å².